The quantitative estimate of drug-likeness (QED) is 0.498. The fourth-order valence-electron chi connectivity index (χ4n) is 7.25. The molecule has 2 N–H and O–H groups in total. The van der Waals surface area contributed by atoms with Gasteiger partial charge in [0, 0.05) is 21.7 Å². The van der Waals surface area contributed by atoms with Crippen molar-refractivity contribution in [3.63, 3.8) is 0 Å². The summed E-state index contributed by atoms with van der Waals surface area (Å²) >= 11 is 2.93. The van der Waals surface area contributed by atoms with Crippen LogP contribution < -0.4 is 10.2 Å². The average molecular weight is 532 g/mol. The highest BCUT2D eigenvalue weighted by molar-refractivity contribution is 8.00. The topological polar surface area (TPSA) is 99.3 Å². The summed E-state index contributed by atoms with van der Waals surface area (Å²) < 4.78 is 0. The van der Waals surface area contributed by atoms with E-state index in [1.54, 1.807) is 11.8 Å². The standard InChI is InChI=1S/C28H25N3O4S2/c1-13-7-9-15(10-8-13)29-18(32)12-31-26(33)21-16-11-17(22(21)27(31)34)23-20(16)19(14-5-3-2-4-6-14)24-25(36-23)30-28(35)37-24/h2-10,16-17,19-23H,11-12H2,1H3,(H,29,32)(H,30,35)/t16-,17-,19-,20-,21+,22-,23+/m1/s1. The number of nitrogens with one attached hydrogen (secondary N) is 2. The predicted molar refractivity (Wildman–Crippen MR) is 141 cm³/mol. The normalized spacial score (nSPS) is 31.3. The van der Waals surface area contributed by atoms with Gasteiger partial charge in [0.05, 0.1) is 16.9 Å². The molecule has 37 heavy (non-hydrogen) atoms. The zero-order chi connectivity index (χ0) is 25.4. The second-order valence-electron chi connectivity index (χ2n) is 10.5. The molecule has 7 atom stereocenters. The molecular weight excluding hydrogens is 506 g/mol. The molecule has 1 aromatic heterocycles. The Labute approximate surface area is 221 Å². The maximum atomic E-state index is 13.7. The lowest BCUT2D eigenvalue weighted by Gasteiger charge is -2.43. The van der Waals surface area contributed by atoms with E-state index in [1.165, 1.54) is 16.2 Å². The fourth-order valence-corrected chi connectivity index (χ4v) is 10.1. The fraction of sp³-hybridized carbons (Fsp3) is 0.357. The maximum Gasteiger partial charge on any atom is 0.305 e. The van der Waals surface area contributed by atoms with Crippen LogP contribution in [0.15, 0.2) is 64.4 Å². The summed E-state index contributed by atoms with van der Waals surface area (Å²) in [5.74, 6) is -1.31. The molecule has 1 saturated heterocycles. The van der Waals surface area contributed by atoms with Crippen molar-refractivity contribution in [1.29, 1.82) is 0 Å². The van der Waals surface area contributed by atoms with Crippen molar-refractivity contribution < 1.29 is 14.4 Å². The van der Waals surface area contributed by atoms with Gasteiger partial charge >= 0.3 is 4.87 Å². The molecule has 2 aliphatic heterocycles. The third-order valence-electron chi connectivity index (χ3n) is 8.61. The number of hydrogen-bond acceptors (Lipinski definition) is 6. The molecule has 2 bridgehead atoms. The molecule has 2 saturated carbocycles. The lowest BCUT2D eigenvalue weighted by atomic mass is 9.68. The number of aromatic amines is 1. The molecule has 9 heteroatoms. The summed E-state index contributed by atoms with van der Waals surface area (Å²) in [5, 5.41) is 3.86. The van der Waals surface area contributed by atoms with Gasteiger partial charge in [-0.15, -0.1) is 11.8 Å². The van der Waals surface area contributed by atoms with Crippen LogP contribution in [0.5, 0.6) is 0 Å². The minimum atomic E-state index is -0.394. The molecule has 3 fully saturated rings. The van der Waals surface area contributed by atoms with Crippen molar-refractivity contribution in [2.75, 3.05) is 11.9 Å². The molecule has 2 aliphatic carbocycles. The molecule has 0 radical (unpaired) electrons. The van der Waals surface area contributed by atoms with E-state index in [4.69, 9.17) is 0 Å². The van der Waals surface area contributed by atoms with Gasteiger partial charge in [-0.3, -0.25) is 24.1 Å². The second kappa shape index (κ2) is 8.43. The monoisotopic (exact) mass is 531 g/mol. The van der Waals surface area contributed by atoms with E-state index in [2.05, 4.69) is 22.4 Å². The molecule has 7 nitrogen and oxygen atoms in total. The van der Waals surface area contributed by atoms with Crippen molar-refractivity contribution in [2.24, 2.45) is 29.6 Å². The number of aryl methyl sites for hydroxylation is 1. The highest BCUT2D eigenvalue weighted by Gasteiger charge is 2.69. The number of benzene rings is 2. The first-order chi connectivity index (χ1) is 17.9. The van der Waals surface area contributed by atoms with E-state index >= 15 is 0 Å². The summed E-state index contributed by atoms with van der Waals surface area (Å²) in [5.41, 5.74) is 2.87. The summed E-state index contributed by atoms with van der Waals surface area (Å²) in [6.07, 6.45) is 0.834. The summed E-state index contributed by atoms with van der Waals surface area (Å²) in [6, 6.07) is 17.6. The third-order valence-corrected chi connectivity index (χ3v) is 11.2. The first-order valence-corrected chi connectivity index (χ1v) is 14.3. The van der Waals surface area contributed by atoms with Gasteiger partial charge in [0.25, 0.3) is 0 Å². The van der Waals surface area contributed by atoms with Crippen molar-refractivity contribution in [3.8, 4) is 0 Å². The van der Waals surface area contributed by atoms with Gasteiger partial charge in [0.15, 0.2) is 0 Å². The number of H-pyrrole nitrogens is 1. The van der Waals surface area contributed by atoms with E-state index in [-0.39, 0.29) is 64.0 Å². The van der Waals surface area contributed by atoms with Crippen molar-refractivity contribution in [1.82, 2.24) is 9.88 Å². The number of hydrogen-bond donors (Lipinski definition) is 2. The van der Waals surface area contributed by atoms with E-state index in [0.717, 1.165) is 27.5 Å². The van der Waals surface area contributed by atoms with Crippen LogP contribution in [0.1, 0.15) is 28.3 Å². The van der Waals surface area contributed by atoms with Crippen LogP contribution >= 0.6 is 23.1 Å². The zero-order valence-electron chi connectivity index (χ0n) is 20.0. The second-order valence-corrected chi connectivity index (χ2v) is 12.8. The number of thioether (sulfide) groups is 1. The van der Waals surface area contributed by atoms with Crippen LogP contribution in [-0.2, 0) is 14.4 Å². The van der Waals surface area contributed by atoms with Crippen molar-refractivity contribution >= 4 is 46.5 Å². The summed E-state index contributed by atoms with van der Waals surface area (Å²) in [7, 11) is 0. The molecule has 3 amide bonds. The van der Waals surface area contributed by atoms with Crippen LogP contribution in [-0.4, -0.2) is 39.4 Å². The van der Waals surface area contributed by atoms with Crippen LogP contribution in [0, 0.1) is 36.5 Å². The Hall–Kier alpha value is -3.17. The van der Waals surface area contributed by atoms with Crippen LogP contribution in [0.25, 0.3) is 0 Å². The number of rotatable bonds is 4. The predicted octanol–water partition coefficient (Wildman–Crippen LogP) is 3.86. The average Bonchev–Trinajstić information content (AvgIpc) is 3.62. The Morgan fingerprint density at radius 1 is 1.00 bits per heavy atom. The Balaban J connectivity index is 1.18. The van der Waals surface area contributed by atoms with Crippen LogP contribution in [0.4, 0.5) is 5.69 Å². The first kappa shape index (κ1) is 23.0. The number of imide groups is 1. The van der Waals surface area contributed by atoms with Gasteiger partial charge < -0.3 is 10.3 Å². The molecule has 3 aromatic rings. The lowest BCUT2D eigenvalue weighted by molar-refractivity contribution is -0.143. The number of carbonyl (C=O) groups is 3. The number of likely N-dealkylation sites (tertiary alicyclic amines) is 1. The lowest BCUT2D eigenvalue weighted by Crippen LogP contribution is -2.42. The van der Waals surface area contributed by atoms with Gasteiger partial charge in [-0.25, -0.2) is 0 Å². The minimum absolute atomic E-state index is 0.0177. The molecule has 0 spiro atoms. The highest BCUT2D eigenvalue weighted by Crippen LogP contribution is 2.68. The molecule has 188 valence electrons. The van der Waals surface area contributed by atoms with Crippen LogP contribution in [0.3, 0.4) is 0 Å². The number of aromatic nitrogens is 1. The largest absolute Gasteiger partial charge is 0.325 e. The third kappa shape index (κ3) is 3.47. The molecule has 7 rings (SSSR count). The van der Waals surface area contributed by atoms with Crippen molar-refractivity contribution in [3.05, 3.63) is 80.3 Å². The smallest absolute Gasteiger partial charge is 0.305 e. The van der Waals surface area contributed by atoms with E-state index in [9.17, 15) is 19.2 Å². The van der Waals surface area contributed by atoms with Crippen LogP contribution in [0.2, 0.25) is 0 Å². The summed E-state index contributed by atoms with van der Waals surface area (Å²) in [6.45, 7) is 1.71. The zero-order valence-corrected chi connectivity index (χ0v) is 21.7. The highest BCUT2D eigenvalue weighted by atomic mass is 32.2. The molecule has 4 aliphatic rings. The Morgan fingerprint density at radius 3 is 2.43 bits per heavy atom. The van der Waals surface area contributed by atoms with E-state index < -0.39 is 5.92 Å². The number of anilines is 1. The van der Waals surface area contributed by atoms with E-state index in [1.807, 2.05) is 49.4 Å². The Bertz CT molecular complexity index is 1480. The number of amides is 3. The number of thiazole rings is 1. The van der Waals surface area contributed by atoms with Gasteiger partial charge in [0.1, 0.15) is 6.54 Å². The first-order valence-electron chi connectivity index (χ1n) is 12.6. The summed E-state index contributed by atoms with van der Waals surface area (Å²) in [4.78, 5) is 57.5. The Morgan fingerprint density at radius 2 is 1.70 bits per heavy atom. The minimum Gasteiger partial charge on any atom is -0.325 e. The molecule has 0 unspecified atom stereocenters. The maximum absolute atomic E-state index is 13.7. The van der Waals surface area contributed by atoms with Gasteiger partial charge in [-0.2, -0.15) is 0 Å². The van der Waals surface area contributed by atoms with Crippen molar-refractivity contribution in [2.45, 2.75) is 29.5 Å². The van der Waals surface area contributed by atoms with Gasteiger partial charge in [0.2, 0.25) is 17.7 Å². The number of nitrogens with zero attached hydrogens (tertiary/aromatic N) is 1. The SMILES string of the molecule is Cc1ccc(NC(=O)CN2C(=O)[C@@H]3[C@H]4C[C@@H]([C@@H]3C2=O)[C@@H]2[C@@H](c3ccccc3)c3sc(=O)[nH]c3S[C@@H]42)cc1. The Kier molecular flexibility index (Phi) is 5.23. The molecule has 3 heterocycles. The number of carbonyl (C=O) groups excluding carboxylic acids is 3. The van der Waals surface area contributed by atoms with Gasteiger partial charge in [-0.05, 0) is 48.8 Å². The number of fused-ring (bicyclic) bond motifs is 9. The molecule has 2 aromatic carbocycles. The van der Waals surface area contributed by atoms with Gasteiger partial charge in [-0.1, -0.05) is 59.4 Å². The van der Waals surface area contributed by atoms with E-state index in [0.29, 0.717) is 5.69 Å². The molecular formula is C28H25N3O4S2.